The number of hydrogen-bond acceptors (Lipinski definition) is 5. The third kappa shape index (κ3) is 7.37. The quantitative estimate of drug-likeness (QED) is 0.333. The molecule has 0 aromatic heterocycles. The van der Waals surface area contributed by atoms with Crippen molar-refractivity contribution in [3.05, 3.63) is 12.2 Å². The molecule has 0 bridgehead atoms. The van der Waals surface area contributed by atoms with E-state index in [1.807, 2.05) is 0 Å². The van der Waals surface area contributed by atoms with Crippen LogP contribution in [0.3, 0.4) is 0 Å². The third-order valence-electron chi connectivity index (χ3n) is 2.40. The van der Waals surface area contributed by atoms with Crippen molar-refractivity contribution < 1.29 is 23.6 Å². The van der Waals surface area contributed by atoms with Crippen molar-refractivity contribution in [1.29, 1.82) is 0 Å². The highest BCUT2D eigenvalue weighted by atomic mass is 31.1. The summed E-state index contributed by atoms with van der Waals surface area (Å²) in [7, 11) is -2.03. The van der Waals surface area contributed by atoms with Gasteiger partial charge in [-0.2, -0.15) is 0 Å². The molecule has 0 saturated carbocycles. The Balaban J connectivity index is 5.06. The van der Waals surface area contributed by atoms with Gasteiger partial charge in [0.2, 0.25) is 0 Å². The van der Waals surface area contributed by atoms with Gasteiger partial charge in [0.25, 0.3) is 0 Å². The standard InChI is InChI=1S/C15H26O5P/c1-8-9-10-21(18)13(19-11(16)14(2,3)4)20-12(17)15(5,6)7/h8-9,13H,10H2,1-7H3/q+1/b9-8+. The zero-order valence-electron chi connectivity index (χ0n) is 13.9. The molecule has 0 radical (unpaired) electrons. The summed E-state index contributed by atoms with van der Waals surface area (Å²) in [4.78, 5) is 23.8. The Hall–Kier alpha value is -1.22. The van der Waals surface area contributed by atoms with Crippen LogP contribution in [0.4, 0.5) is 0 Å². The first-order valence-electron chi connectivity index (χ1n) is 6.86. The predicted octanol–water partition coefficient (Wildman–Crippen LogP) is 3.85. The average Bonchev–Trinajstić information content (AvgIpc) is 2.32. The molecule has 21 heavy (non-hydrogen) atoms. The van der Waals surface area contributed by atoms with Gasteiger partial charge in [0, 0.05) is 0 Å². The summed E-state index contributed by atoms with van der Waals surface area (Å²) < 4.78 is 22.4. The van der Waals surface area contributed by atoms with Crippen molar-refractivity contribution in [3.8, 4) is 0 Å². The summed E-state index contributed by atoms with van der Waals surface area (Å²) in [6, 6.07) is -1.35. The Bertz CT molecular complexity index is 398. The molecule has 0 saturated heterocycles. The van der Waals surface area contributed by atoms with E-state index in [4.69, 9.17) is 9.47 Å². The second kappa shape index (κ2) is 7.69. The molecule has 6 heteroatoms. The molecule has 0 aliphatic rings. The Labute approximate surface area is 127 Å². The summed E-state index contributed by atoms with van der Waals surface area (Å²) in [5.41, 5.74) is -1.52. The molecule has 0 rings (SSSR count). The minimum atomic E-state index is -2.03. The molecule has 0 aromatic carbocycles. The highest BCUT2D eigenvalue weighted by Gasteiger charge is 2.41. The summed E-state index contributed by atoms with van der Waals surface area (Å²) in [5.74, 6) is -1.11. The maximum Gasteiger partial charge on any atom is 0.451 e. The van der Waals surface area contributed by atoms with Crippen molar-refractivity contribution in [1.82, 2.24) is 0 Å². The zero-order valence-corrected chi connectivity index (χ0v) is 14.8. The van der Waals surface area contributed by atoms with Gasteiger partial charge in [-0.1, -0.05) is 10.6 Å². The molecule has 0 spiro atoms. The van der Waals surface area contributed by atoms with Gasteiger partial charge in [0.1, 0.15) is 0 Å². The fraction of sp³-hybridized carbons (Fsp3) is 0.733. The van der Waals surface area contributed by atoms with E-state index in [-0.39, 0.29) is 6.16 Å². The van der Waals surface area contributed by atoms with Crippen LogP contribution in [0.1, 0.15) is 48.5 Å². The SMILES string of the molecule is C/C=C/C[P+](=O)C(OC(=O)C(C)(C)C)OC(=O)C(C)(C)C. The lowest BCUT2D eigenvalue weighted by atomic mass is 9.97. The van der Waals surface area contributed by atoms with Gasteiger partial charge in [0.15, 0.2) is 6.16 Å². The topological polar surface area (TPSA) is 69.7 Å². The number of carbonyl (C=O) groups excluding carboxylic acids is 2. The van der Waals surface area contributed by atoms with Gasteiger partial charge in [-0.25, -0.2) is 0 Å². The van der Waals surface area contributed by atoms with E-state index in [0.717, 1.165) is 0 Å². The van der Waals surface area contributed by atoms with Crippen LogP contribution in [0.25, 0.3) is 0 Å². The lowest BCUT2D eigenvalue weighted by Crippen LogP contribution is -2.33. The van der Waals surface area contributed by atoms with Gasteiger partial charge in [-0.15, -0.1) is 0 Å². The molecular formula is C15H26O5P+. The van der Waals surface area contributed by atoms with Crippen LogP contribution in [0.5, 0.6) is 0 Å². The molecule has 0 heterocycles. The van der Waals surface area contributed by atoms with Crippen LogP contribution in [0.15, 0.2) is 12.2 Å². The van der Waals surface area contributed by atoms with Gasteiger partial charge >= 0.3 is 25.8 Å². The minimum absolute atomic E-state index is 0.186. The zero-order chi connectivity index (χ0) is 16.8. The minimum Gasteiger partial charge on any atom is -0.384 e. The average molecular weight is 317 g/mol. The number of esters is 2. The van der Waals surface area contributed by atoms with Crippen LogP contribution in [-0.2, 0) is 23.6 Å². The Kier molecular flexibility index (Phi) is 7.25. The van der Waals surface area contributed by atoms with E-state index in [1.165, 1.54) is 0 Å². The Morgan fingerprint density at radius 1 is 1.00 bits per heavy atom. The van der Waals surface area contributed by atoms with Crippen molar-refractivity contribution >= 4 is 19.7 Å². The van der Waals surface area contributed by atoms with Crippen LogP contribution in [0, 0.1) is 10.8 Å². The molecule has 0 aliphatic carbocycles. The maximum absolute atomic E-state index is 12.2. The Morgan fingerprint density at radius 2 is 1.38 bits per heavy atom. The van der Waals surface area contributed by atoms with Gasteiger partial charge in [-0.3, -0.25) is 9.59 Å². The smallest absolute Gasteiger partial charge is 0.384 e. The second-order valence-corrected chi connectivity index (χ2v) is 8.41. The second-order valence-electron chi connectivity index (χ2n) is 6.79. The van der Waals surface area contributed by atoms with E-state index in [9.17, 15) is 14.2 Å². The molecule has 0 fully saturated rings. The third-order valence-corrected chi connectivity index (χ3v) is 3.65. The highest BCUT2D eigenvalue weighted by Crippen LogP contribution is 2.34. The lowest BCUT2D eigenvalue weighted by molar-refractivity contribution is -0.184. The van der Waals surface area contributed by atoms with E-state index in [2.05, 4.69) is 0 Å². The fourth-order valence-electron chi connectivity index (χ4n) is 0.974. The largest absolute Gasteiger partial charge is 0.451 e. The molecule has 0 amide bonds. The van der Waals surface area contributed by atoms with Crippen molar-refractivity contribution in [3.63, 3.8) is 0 Å². The number of hydrogen-bond donors (Lipinski definition) is 0. The molecule has 0 N–H and O–H groups in total. The summed E-state index contributed by atoms with van der Waals surface area (Å²) >= 11 is 0. The molecular weight excluding hydrogens is 291 g/mol. The summed E-state index contributed by atoms with van der Waals surface area (Å²) in [6.45, 7) is 11.9. The van der Waals surface area contributed by atoms with Crippen LogP contribution >= 0.6 is 7.80 Å². The van der Waals surface area contributed by atoms with Crippen molar-refractivity contribution in [2.75, 3.05) is 6.16 Å². The number of rotatable bonds is 5. The van der Waals surface area contributed by atoms with Gasteiger partial charge < -0.3 is 9.47 Å². The molecule has 1 atom stereocenters. The van der Waals surface area contributed by atoms with Crippen LogP contribution in [0.2, 0.25) is 0 Å². The Morgan fingerprint density at radius 3 is 1.67 bits per heavy atom. The fourth-order valence-corrected chi connectivity index (χ4v) is 1.99. The number of allylic oxidation sites excluding steroid dienone is 2. The van der Waals surface area contributed by atoms with Crippen molar-refractivity contribution in [2.24, 2.45) is 10.8 Å². The lowest BCUT2D eigenvalue weighted by Gasteiger charge is -2.21. The van der Waals surface area contributed by atoms with Crippen molar-refractivity contribution in [2.45, 2.75) is 54.5 Å². The molecule has 0 aliphatic heterocycles. The normalized spacial score (nSPS) is 13.4. The van der Waals surface area contributed by atoms with E-state index < -0.39 is 36.6 Å². The van der Waals surface area contributed by atoms with Crippen LogP contribution in [-0.4, -0.2) is 24.1 Å². The summed E-state index contributed by atoms with van der Waals surface area (Å²) in [6.07, 6.45) is 3.61. The number of ether oxygens (including phenoxy) is 2. The first-order valence-corrected chi connectivity index (χ1v) is 8.38. The van der Waals surface area contributed by atoms with Crippen LogP contribution < -0.4 is 0 Å². The summed E-state index contributed by atoms with van der Waals surface area (Å²) in [5, 5.41) is 0. The monoisotopic (exact) mass is 317 g/mol. The molecule has 0 aromatic rings. The van der Waals surface area contributed by atoms with Gasteiger partial charge in [0.05, 0.1) is 10.8 Å². The predicted molar refractivity (Wildman–Crippen MR) is 82.2 cm³/mol. The number of carbonyl (C=O) groups is 2. The van der Waals surface area contributed by atoms with E-state index >= 15 is 0 Å². The molecule has 1 unspecified atom stereocenters. The molecule has 120 valence electrons. The first kappa shape index (κ1) is 19.8. The molecule has 5 nitrogen and oxygen atoms in total. The highest BCUT2D eigenvalue weighted by molar-refractivity contribution is 7.45. The van der Waals surface area contributed by atoms with E-state index in [0.29, 0.717) is 0 Å². The van der Waals surface area contributed by atoms with E-state index in [1.54, 1.807) is 60.6 Å². The van der Waals surface area contributed by atoms with Gasteiger partial charge in [-0.05, 0) is 54.5 Å². The maximum atomic E-state index is 12.2. The first-order chi connectivity index (χ1) is 9.39.